The summed E-state index contributed by atoms with van der Waals surface area (Å²) in [5.74, 6) is -0.752. The quantitative estimate of drug-likeness (QED) is 0.721. The first-order chi connectivity index (χ1) is 9.95. The first-order valence-corrected chi connectivity index (χ1v) is 7.27. The van der Waals surface area contributed by atoms with Crippen LogP contribution in [0.2, 0.25) is 0 Å². The van der Waals surface area contributed by atoms with Crippen molar-refractivity contribution in [1.29, 1.82) is 0 Å². The van der Waals surface area contributed by atoms with Crippen molar-refractivity contribution in [3.63, 3.8) is 0 Å². The summed E-state index contributed by atoms with van der Waals surface area (Å²) in [4.78, 5) is 11.3. The molecule has 3 aromatic rings. The number of nitrogens with one attached hydrogen (secondary N) is 2. The van der Waals surface area contributed by atoms with E-state index >= 15 is 0 Å². The maximum Gasteiger partial charge on any atom is 0.339 e. The van der Waals surface area contributed by atoms with E-state index in [1.54, 1.807) is 0 Å². The monoisotopic (exact) mass is 308 g/mol. The molecule has 0 bridgehead atoms. The number of fused-ring (bicyclic) bond motifs is 1. The van der Waals surface area contributed by atoms with Gasteiger partial charge in [0.2, 0.25) is 0 Å². The van der Waals surface area contributed by atoms with Crippen LogP contribution in [0.1, 0.15) is 0 Å². The number of aromatic nitrogens is 2. The summed E-state index contributed by atoms with van der Waals surface area (Å²) in [6.45, 7) is 0. The maximum atomic E-state index is 13.0. The number of hydrogen-bond donors (Lipinski definition) is 2. The molecule has 1 heterocycles. The van der Waals surface area contributed by atoms with Gasteiger partial charge in [0.25, 0.3) is 5.56 Å². The standard InChI is InChI=1S/C13H9FN2O4S/c14-8-2-1-3-9(6-8)20-21(18,19)10-4-5-12-11(7-10)13(17)16-15-12/h1-7H,(H2,15,16,17). The zero-order valence-electron chi connectivity index (χ0n) is 10.5. The molecule has 2 N–H and O–H groups in total. The van der Waals surface area contributed by atoms with E-state index < -0.39 is 21.5 Å². The molecule has 0 aliphatic carbocycles. The van der Waals surface area contributed by atoms with E-state index in [0.717, 1.165) is 6.07 Å². The Morgan fingerprint density at radius 2 is 1.86 bits per heavy atom. The van der Waals surface area contributed by atoms with Crippen LogP contribution in [0.3, 0.4) is 0 Å². The Kier molecular flexibility index (Phi) is 3.02. The average Bonchev–Trinajstić information content (AvgIpc) is 2.79. The smallest absolute Gasteiger partial charge is 0.339 e. The minimum absolute atomic E-state index is 0.141. The van der Waals surface area contributed by atoms with Crippen molar-refractivity contribution in [3.8, 4) is 5.75 Å². The van der Waals surface area contributed by atoms with Crippen LogP contribution < -0.4 is 9.74 Å². The lowest BCUT2D eigenvalue weighted by molar-refractivity contribution is 0.483. The predicted octanol–water partition coefficient (Wildman–Crippen LogP) is 1.76. The highest BCUT2D eigenvalue weighted by atomic mass is 32.2. The van der Waals surface area contributed by atoms with Crippen molar-refractivity contribution in [1.82, 2.24) is 10.2 Å². The SMILES string of the molecule is O=c1[nH][nH]c2ccc(S(=O)(=O)Oc3cccc(F)c3)cc12. The summed E-state index contributed by atoms with van der Waals surface area (Å²) in [6, 6.07) is 8.71. The van der Waals surface area contributed by atoms with Gasteiger partial charge >= 0.3 is 10.1 Å². The third-order valence-electron chi connectivity index (χ3n) is 2.84. The highest BCUT2D eigenvalue weighted by molar-refractivity contribution is 7.87. The molecule has 0 unspecified atom stereocenters. The summed E-state index contributed by atoms with van der Waals surface area (Å²) < 4.78 is 42.1. The lowest BCUT2D eigenvalue weighted by Gasteiger charge is -2.06. The molecule has 0 aliphatic heterocycles. The Morgan fingerprint density at radius 1 is 1.05 bits per heavy atom. The predicted molar refractivity (Wildman–Crippen MR) is 73.1 cm³/mol. The van der Waals surface area contributed by atoms with Crippen LogP contribution in [0.15, 0.2) is 52.2 Å². The van der Waals surface area contributed by atoms with E-state index in [-0.39, 0.29) is 16.0 Å². The van der Waals surface area contributed by atoms with Crippen molar-refractivity contribution in [2.24, 2.45) is 0 Å². The van der Waals surface area contributed by atoms with Crippen LogP contribution in [-0.4, -0.2) is 18.6 Å². The van der Waals surface area contributed by atoms with Gasteiger partial charge in [0.05, 0.1) is 10.9 Å². The number of benzene rings is 2. The normalized spacial score (nSPS) is 11.7. The summed E-state index contributed by atoms with van der Waals surface area (Å²) >= 11 is 0. The molecule has 0 spiro atoms. The lowest BCUT2D eigenvalue weighted by Crippen LogP contribution is -2.10. The van der Waals surface area contributed by atoms with Gasteiger partial charge in [0, 0.05) is 6.07 Å². The number of H-pyrrole nitrogens is 2. The van der Waals surface area contributed by atoms with Crippen LogP contribution >= 0.6 is 0 Å². The minimum atomic E-state index is -4.15. The van der Waals surface area contributed by atoms with Gasteiger partial charge in [0.15, 0.2) is 0 Å². The second kappa shape index (κ2) is 4.74. The number of hydrogen-bond acceptors (Lipinski definition) is 4. The Bertz CT molecular complexity index is 975. The molecule has 2 aromatic carbocycles. The molecule has 0 amide bonds. The molecule has 108 valence electrons. The van der Waals surface area contributed by atoms with Gasteiger partial charge in [-0.25, -0.2) is 4.39 Å². The number of aromatic amines is 2. The van der Waals surface area contributed by atoms with Gasteiger partial charge in [-0.15, -0.1) is 0 Å². The van der Waals surface area contributed by atoms with E-state index in [0.29, 0.717) is 5.52 Å². The fourth-order valence-electron chi connectivity index (χ4n) is 1.86. The molecular formula is C13H9FN2O4S. The molecule has 6 nitrogen and oxygen atoms in total. The molecule has 8 heteroatoms. The fraction of sp³-hybridized carbons (Fsp3) is 0. The topological polar surface area (TPSA) is 92.0 Å². The van der Waals surface area contributed by atoms with Crippen LogP contribution in [0.25, 0.3) is 10.9 Å². The number of rotatable bonds is 3. The minimum Gasteiger partial charge on any atom is -0.379 e. The van der Waals surface area contributed by atoms with E-state index in [4.69, 9.17) is 4.18 Å². The van der Waals surface area contributed by atoms with E-state index in [1.807, 2.05) is 0 Å². The van der Waals surface area contributed by atoms with Crippen molar-refractivity contribution >= 4 is 21.0 Å². The van der Waals surface area contributed by atoms with E-state index in [2.05, 4.69) is 10.2 Å². The molecule has 21 heavy (non-hydrogen) atoms. The molecule has 3 rings (SSSR count). The second-order valence-electron chi connectivity index (χ2n) is 4.28. The molecule has 1 aromatic heterocycles. The van der Waals surface area contributed by atoms with Crippen LogP contribution in [-0.2, 0) is 10.1 Å². The van der Waals surface area contributed by atoms with Gasteiger partial charge in [-0.2, -0.15) is 8.42 Å². The summed E-state index contributed by atoms with van der Waals surface area (Å²) in [6.07, 6.45) is 0. The van der Waals surface area contributed by atoms with Crippen molar-refractivity contribution in [2.45, 2.75) is 4.90 Å². The second-order valence-corrected chi connectivity index (χ2v) is 5.83. The largest absolute Gasteiger partial charge is 0.379 e. The first kappa shape index (κ1) is 13.4. The maximum absolute atomic E-state index is 13.0. The Labute approximate surface area is 118 Å². The lowest BCUT2D eigenvalue weighted by atomic mass is 10.2. The summed E-state index contributed by atoms with van der Waals surface area (Å²) in [5.41, 5.74) is 0.0394. The van der Waals surface area contributed by atoms with E-state index in [9.17, 15) is 17.6 Å². The molecule has 0 radical (unpaired) electrons. The first-order valence-electron chi connectivity index (χ1n) is 5.86. The molecular weight excluding hydrogens is 299 g/mol. The third-order valence-corrected chi connectivity index (χ3v) is 4.08. The van der Waals surface area contributed by atoms with Crippen LogP contribution in [0, 0.1) is 5.82 Å². The highest BCUT2D eigenvalue weighted by Gasteiger charge is 2.18. The van der Waals surface area contributed by atoms with Crippen LogP contribution in [0.4, 0.5) is 4.39 Å². The average molecular weight is 308 g/mol. The Morgan fingerprint density at radius 3 is 2.62 bits per heavy atom. The molecule has 0 atom stereocenters. The molecule has 0 aliphatic rings. The Balaban J connectivity index is 2.03. The summed E-state index contributed by atoms with van der Waals surface area (Å²) in [5, 5.41) is 5.14. The zero-order chi connectivity index (χ0) is 15.0. The molecule has 0 saturated heterocycles. The Hall–Kier alpha value is -2.61. The molecule has 0 fully saturated rings. The summed E-state index contributed by atoms with van der Waals surface area (Å²) in [7, 11) is -4.15. The van der Waals surface area contributed by atoms with Gasteiger partial charge in [-0.3, -0.25) is 15.0 Å². The zero-order valence-corrected chi connectivity index (χ0v) is 11.3. The number of halogens is 1. The van der Waals surface area contributed by atoms with Crippen molar-refractivity contribution in [3.05, 3.63) is 58.6 Å². The van der Waals surface area contributed by atoms with Gasteiger partial charge in [0.1, 0.15) is 16.5 Å². The fourth-order valence-corrected chi connectivity index (χ4v) is 2.81. The van der Waals surface area contributed by atoms with Gasteiger partial charge in [-0.05, 0) is 30.3 Å². The highest BCUT2D eigenvalue weighted by Crippen LogP contribution is 2.21. The van der Waals surface area contributed by atoms with Gasteiger partial charge in [-0.1, -0.05) is 6.07 Å². The molecule has 0 saturated carbocycles. The third kappa shape index (κ3) is 2.52. The van der Waals surface area contributed by atoms with E-state index in [1.165, 1.54) is 36.4 Å². The van der Waals surface area contributed by atoms with Crippen molar-refractivity contribution < 1.29 is 17.0 Å². The van der Waals surface area contributed by atoms with Crippen molar-refractivity contribution in [2.75, 3.05) is 0 Å². The van der Waals surface area contributed by atoms with Gasteiger partial charge < -0.3 is 4.18 Å². The van der Waals surface area contributed by atoms with Crippen LogP contribution in [0.5, 0.6) is 5.75 Å².